The number of rotatable bonds is 5. The third kappa shape index (κ3) is 3.17. The smallest absolute Gasteiger partial charge is 0.301 e. The molecule has 0 amide bonds. The van der Waals surface area contributed by atoms with Crippen LogP contribution in [0.3, 0.4) is 0 Å². The highest BCUT2D eigenvalue weighted by molar-refractivity contribution is 5.75. The summed E-state index contributed by atoms with van der Waals surface area (Å²) in [5, 5.41) is 7.86. The third-order valence-electron chi connectivity index (χ3n) is 5.28. The Hall–Kier alpha value is -3.20. The first-order valence-electron chi connectivity index (χ1n) is 10.1. The number of fused-ring (bicyclic) bond motifs is 2. The van der Waals surface area contributed by atoms with Gasteiger partial charge in [0, 0.05) is 39.1 Å². The molecule has 1 saturated heterocycles. The van der Waals surface area contributed by atoms with E-state index in [4.69, 9.17) is 9.97 Å². The Morgan fingerprint density at radius 2 is 1.90 bits per heavy atom. The summed E-state index contributed by atoms with van der Waals surface area (Å²) in [4.78, 5) is 28.1. The number of imidazole rings is 1. The van der Waals surface area contributed by atoms with Gasteiger partial charge in [-0.1, -0.05) is 37.3 Å². The van der Waals surface area contributed by atoms with E-state index in [1.165, 1.54) is 4.52 Å². The van der Waals surface area contributed by atoms with Crippen LogP contribution in [0.25, 0.3) is 16.9 Å². The molecular formula is C20H24N8O. The summed E-state index contributed by atoms with van der Waals surface area (Å²) >= 11 is 0. The van der Waals surface area contributed by atoms with Crippen molar-refractivity contribution in [3.63, 3.8) is 0 Å². The van der Waals surface area contributed by atoms with Gasteiger partial charge in [-0.3, -0.25) is 9.36 Å². The SMILES string of the molecule is CCCn1c2nc(N3CCNCC3)[nH]c2c(=O)n2nc(Cc3ccccc3)nc12. The first kappa shape index (κ1) is 17.9. The number of piperazine rings is 1. The fourth-order valence-electron chi connectivity index (χ4n) is 3.86. The number of anilines is 1. The van der Waals surface area contributed by atoms with Crippen molar-refractivity contribution in [1.82, 2.24) is 34.4 Å². The van der Waals surface area contributed by atoms with E-state index in [1.54, 1.807) is 0 Å². The van der Waals surface area contributed by atoms with E-state index in [-0.39, 0.29) is 5.56 Å². The maximum atomic E-state index is 13.2. The van der Waals surface area contributed by atoms with Gasteiger partial charge < -0.3 is 15.2 Å². The maximum absolute atomic E-state index is 13.2. The molecule has 1 aliphatic heterocycles. The van der Waals surface area contributed by atoms with Crippen LogP contribution in [-0.4, -0.2) is 55.3 Å². The minimum atomic E-state index is -0.206. The fraction of sp³-hybridized carbons (Fsp3) is 0.400. The minimum Gasteiger partial charge on any atom is -0.340 e. The lowest BCUT2D eigenvalue weighted by Gasteiger charge is -2.26. The van der Waals surface area contributed by atoms with Crippen molar-refractivity contribution in [3.05, 3.63) is 52.1 Å². The van der Waals surface area contributed by atoms with Gasteiger partial charge in [-0.2, -0.15) is 14.5 Å². The van der Waals surface area contributed by atoms with E-state index in [0.29, 0.717) is 29.2 Å². The molecule has 0 radical (unpaired) electrons. The molecule has 9 nitrogen and oxygen atoms in total. The van der Waals surface area contributed by atoms with Gasteiger partial charge in [0.05, 0.1) is 0 Å². The average molecular weight is 392 g/mol. The lowest BCUT2D eigenvalue weighted by atomic mass is 10.1. The monoisotopic (exact) mass is 392 g/mol. The van der Waals surface area contributed by atoms with Gasteiger partial charge in [-0.15, -0.1) is 5.10 Å². The second kappa shape index (κ2) is 7.32. The highest BCUT2D eigenvalue weighted by Crippen LogP contribution is 2.18. The number of aromatic amines is 1. The average Bonchev–Trinajstić information content (AvgIpc) is 3.38. The lowest BCUT2D eigenvalue weighted by molar-refractivity contribution is 0.581. The summed E-state index contributed by atoms with van der Waals surface area (Å²) in [6.07, 6.45) is 1.49. The molecule has 0 unspecified atom stereocenters. The summed E-state index contributed by atoms with van der Waals surface area (Å²) < 4.78 is 3.41. The van der Waals surface area contributed by atoms with Crippen LogP contribution in [-0.2, 0) is 13.0 Å². The van der Waals surface area contributed by atoms with Crippen LogP contribution in [0.2, 0.25) is 0 Å². The molecule has 150 valence electrons. The van der Waals surface area contributed by atoms with Crippen molar-refractivity contribution in [2.45, 2.75) is 26.3 Å². The Labute approximate surface area is 167 Å². The molecule has 9 heteroatoms. The fourth-order valence-corrected chi connectivity index (χ4v) is 3.86. The van der Waals surface area contributed by atoms with Gasteiger partial charge in [0.15, 0.2) is 17.0 Å². The van der Waals surface area contributed by atoms with Crippen molar-refractivity contribution in [2.75, 3.05) is 31.1 Å². The molecule has 1 aliphatic rings. The summed E-state index contributed by atoms with van der Waals surface area (Å²) in [6.45, 7) is 6.35. The van der Waals surface area contributed by atoms with E-state index in [2.05, 4.69) is 27.2 Å². The number of benzene rings is 1. The van der Waals surface area contributed by atoms with Crippen molar-refractivity contribution in [1.29, 1.82) is 0 Å². The lowest BCUT2D eigenvalue weighted by Crippen LogP contribution is -2.44. The number of hydrogen-bond donors (Lipinski definition) is 2. The first-order valence-corrected chi connectivity index (χ1v) is 10.1. The molecule has 4 aromatic rings. The zero-order valence-corrected chi connectivity index (χ0v) is 16.4. The van der Waals surface area contributed by atoms with Crippen LogP contribution >= 0.6 is 0 Å². The van der Waals surface area contributed by atoms with Crippen LogP contribution in [0.5, 0.6) is 0 Å². The molecule has 0 aliphatic carbocycles. The molecule has 4 heterocycles. The number of aromatic nitrogens is 6. The zero-order valence-electron chi connectivity index (χ0n) is 16.4. The summed E-state index contributed by atoms with van der Waals surface area (Å²) in [5.74, 6) is 1.92. The summed E-state index contributed by atoms with van der Waals surface area (Å²) in [6, 6.07) is 10.0. The van der Waals surface area contributed by atoms with Crippen LogP contribution in [0.15, 0.2) is 35.1 Å². The van der Waals surface area contributed by atoms with Gasteiger partial charge in [0.25, 0.3) is 0 Å². The predicted molar refractivity (Wildman–Crippen MR) is 112 cm³/mol. The van der Waals surface area contributed by atoms with Gasteiger partial charge in [-0.05, 0) is 12.0 Å². The van der Waals surface area contributed by atoms with Crippen LogP contribution in [0.4, 0.5) is 5.95 Å². The second-order valence-corrected chi connectivity index (χ2v) is 7.36. The molecule has 29 heavy (non-hydrogen) atoms. The third-order valence-corrected chi connectivity index (χ3v) is 5.28. The predicted octanol–water partition coefficient (Wildman–Crippen LogP) is 1.18. The molecule has 0 saturated carbocycles. The second-order valence-electron chi connectivity index (χ2n) is 7.36. The Balaban J connectivity index is 1.64. The van der Waals surface area contributed by atoms with E-state index >= 15 is 0 Å². The van der Waals surface area contributed by atoms with E-state index in [9.17, 15) is 4.79 Å². The zero-order chi connectivity index (χ0) is 19.8. The molecular weight excluding hydrogens is 368 g/mol. The number of hydrogen-bond acceptors (Lipinski definition) is 6. The Bertz CT molecular complexity index is 1200. The quantitative estimate of drug-likeness (QED) is 0.529. The molecule has 3 aromatic heterocycles. The first-order chi connectivity index (χ1) is 14.2. The molecule has 1 fully saturated rings. The molecule has 2 N–H and O–H groups in total. The van der Waals surface area contributed by atoms with Crippen molar-refractivity contribution < 1.29 is 0 Å². The van der Waals surface area contributed by atoms with Gasteiger partial charge in [0.1, 0.15) is 0 Å². The van der Waals surface area contributed by atoms with Crippen LogP contribution in [0, 0.1) is 0 Å². The molecule has 0 spiro atoms. The van der Waals surface area contributed by atoms with Gasteiger partial charge >= 0.3 is 5.56 Å². The summed E-state index contributed by atoms with van der Waals surface area (Å²) in [7, 11) is 0. The number of nitrogens with zero attached hydrogens (tertiary/aromatic N) is 6. The summed E-state index contributed by atoms with van der Waals surface area (Å²) in [5.41, 5.74) is 2.04. The molecule has 0 bridgehead atoms. The van der Waals surface area contributed by atoms with Crippen LogP contribution in [0.1, 0.15) is 24.7 Å². The molecule has 0 atom stereocenters. The van der Waals surface area contributed by atoms with Crippen molar-refractivity contribution in [3.8, 4) is 0 Å². The highest BCUT2D eigenvalue weighted by atomic mass is 16.1. The van der Waals surface area contributed by atoms with Gasteiger partial charge in [0.2, 0.25) is 11.7 Å². The molecule has 5 rings (SSSR count). The Morgan fingerprint density at radius 3 is 2.66 bits per heavy atom. The topological polar surface area (TPSA) is 96.1 Å². The standard InChI is InChI=1S/C20H24N8O/c1-2-10-27-17-16(23-19(24-17)26-11-8-21-9-12-26)18(29)28-20(27)22-15(25-28)13-14-6-4-3-5-7-14/h3-7,21H,2,8-13H2,1H3,(H,23,24). The number of H-pyrrole nitrogens is 1. The normalized spacial score (nSPS) is 14.9. The largest absolute Gasteiger partial charge is 0.340 e. The van der Waals surface area contributed by atoms with E-state index in [1.807, 2.05) is 34.9 Å². The number of aryl methyl sites for hydroxylation is 1. The highest BCUT2D eigenvalue weighted by Gasteiger charge is 2.21. The van der Waals surface area contributed by atoms with Crippen molar-refractivity contribution >= 4 is 22.9 Å². The van der Waals surface area contributed by atoms with E-state index < -0.39 is 0 Å². The van der Waals surface area contributed by atoms with Crippen molar-refractivity contribution in [2.24, 2.45) is 0 Å². The maximum Gasteiger partial charge on any atom is 0.301 e. The van der Waals surface area contributed by atoms with Crippen LogP contribution < -0.4 is 15.8 Å². The molecule has 1 aromatic carbocycles. The minimum absolute atomic E-state index is 0.206. The Morgan fingerprint density at radius 1 is 1.10 bits per heavy atom. The number of nitrogens with one attached hydrogen (secondary N) is 2. The Kier molecular flexibility index (Phi) is 4.51. The van der Waals surface area contributed by atoms with Gasteiger partial charge in [-0.25, -0.2) is 0 Å². The van der Waals surface area contributed by atoms with E-state index in [0.717, 1.165) is 50.7 Å².